The number of anilines is 6. The topological polar surface area (TPSA) is 88.7 Å². The second-order valence-corrected chi connectivity index (χ2v) is 13.2. The van der Waals surface area contributed by atoms with Crippen LogP contribution in [-0.2, 0) is 4.79 Å². The zero-order valence-corrected chi connectivity index (χ0v) is 25.2. The second kappa shape index (κ2) is 13.4. The zero-order chi connectivity index (χ0) is 28.8. The van der Waals surface area contributed by atoms with E-state index in [0.29, 0.717) is 17.8 Å². The molecule has 2 fully saturated rings. The molecule has 2 aliphatic rings. The molecule has 216 valence electrons. The third-order valence-corrected chi connectivity index (χ3v) is 9.21. The maximum atomic E-state index is 12.4. The minimum Gasteiger partial charge on any atom is -0.370 e. The fourth-order valence-electron chi connectivity index (χ4n) is 5.56. The summed E-state index contributed by atoms with van der Waals surface area (Å²) in [6, 6.07) is 16.9. The monoisotopic (exact) mass is 572 g/mol. The lowest BCUT2D eigenvalue weighted by molar-refractivity contribution is -0.111. The molecule has 5 rings (SSSR count). The first-order valence-corrected chi connectivity index (χ1v) is 16.5. The van der Waals surface area contributed by atoms with Crippen molar-refractivity contribution in [2.24, 2.45) is 0 Å². The highest BCUT2D eigenvalue weighted by molar-refractivity contribution is 7.64. The summed E-state index contributed by atoms with van der Waals surface area (Å²) in [5.41, 5.74) is 3.62. The summed E-state index contributed by atoms with van der Waals surface area (Å²) in [5, 5.41) is 11.1. The molecule has 1 aromatic heterocycles. The molecule has 1 amide bonds. The second-order valence-electron chi connectivity index (χ2n) is 10.9. The minimum atomic E-state index is -0.261. The van der Waals surface area contributed by atoms with Crippen LogP contribution in [0.3, 0.4) is 0 Å². The van der Waals surface area contributed by atoms with E-state index in [1.54, 1.807) is 6.20 Å². The van der Waals surface area contributed by atoms with Crippen molar-refractivity contribution >= 4 is 53.6 Å². The van der Waals surface area contributed by atoms with Gasteiger partial charge in [-0.2, -0.15) is 4.98 Å². The number of hydrogen-bond acceptors (Lipinski definition) is 8. The summed E-state index contributed by atoms with van der Waals surface area (Å²) in [4.78, 5) is 28.9. The zero-order valence-electron chi connectivity index (χ0n) is 24.3. The average Bonchev–Trinajstić information content (AvgIpc) is 2.98. The highest BCUT2D eigenvalue weighted by Crippen LogP contribution is 2.33. The van der Waals surface area contributed by atoms with Crippen LogP contribution in [-0.4, -0.2) is 91.4 Å². The normalized spacial score (nSPS) is 16.9. The van der Waals surface area contributed by atoms with Crippen molar-refractivity contribution in [3.8, 4) is 0 Å². The van der Waals surface area contributed by atoms with Gasteiger partial charge in [0.15, 0.2) is 0 Å². The van der Waals surface area contributed by atoms with Crippen LogP contribution in [0, 0.1) is 0 Å². The van der Waals surface area contributed by atoms with Gasteiger partial charge < -0.3 is 25.8 Å². The van der Waals surface area contributed by atoms with E-state index in [0.717, 1.165) is 74.9 Å². The summed E-state index contributed by atoms with van der Waals surface area (Å²) >= 11 is 0. The maximum absolute atomic E-state index is 12.4. The van der Waals surface area contributed by atoms with Crippen LogP contribution in [0.1, 0.15) is 12.8 Å². The van der Waals surface area contributed by atoms with Crippen molar-refractivity contribution < 1.29 is 4.79 Å². The molecular formula is C31H41N8OP. The molecule has 2 aliphatic heterocycles. The van der Waals surface area contributed by atoms with Gasteiger partial charge in [-0.25, -0.2) is 4.98 Å². The molecule has 9 nitrogen and oxygen atoms in total. The van der Waals surface area contributed by atoms with Crippen LogP contribution in [0.25, 0.3) is 0 Å². The number of piperazine rings is 1. The molecule has 0 saturated carbocycles. The van der Waals surface area contributed by atoms with Crippen molar-refractivity contribution in [1.29, 1.82) is 0 Å². The Balaban J connectivity index is 1.29. The van der Waals surface area contributed by atoms with Crippen molar-refractivity contribution in [3.63, 3.8) is 0 Å². The number of likely N-dealkylation sites (N-methyl/N-ethyl adjacent to an activating group) is 1. The summed E-state index contributed by atoms with van der Waals surface area (Å²) in [7, 11) is 1.94. The minimum absolute atomic E-state index is 0.233. The van der Waals surface area contributed by atoms with Crippen molar-refractivity contribution in [2.45, 2.75) is 18.9 Å². The number of rotatable bonds is 9. The number of piperidine rings is 1. The number of nitrogens with one attached hydrogen (secondary N) is 3. The number of nitrogens with zero attached hydrogens (tertiary/aromatic N) is 5. The average molecular weight is 573 g/mol. The van der Waals surface area contributed by atoms with Gasteiger partial charge in [-0.05, 0) is 74.9 Å². The first kappa shape index (κ1) is 29.0. The summed E-state index contributed by atoms with van der Waals surface area (Å²) in [6.07, 6.45) is 5.28. The Bertz CT molecular complexity index is 1350. The molecule has 0 aliphatic carbocycles. The van der Waals surface area contributed by atoms with Gasteiger partial charge in [-0.3, -0.25) is 9.69 Å². The van der Waals surface area contributed by atoms with Crippen LogP contribution in [0.15, 0.2) is 67.4 Å². The molecule has 3 heterocycles. The molecule has 41 heavy (non-hydrogen) atoms. The highest BCUT2D eigenvalue weighted by Gasteiger charge is 2.27. The highest BCUT2D eigenvalue weighted by atomic mass is 31.1. The molecule has 0 atom stereocenters. The van der Waals surface area contributed by atoms with E-state index < -0.39 is 0 Å². The van der Waals surface area contributed by atoms with Crippen molar-refractivity contribution in [1.82, 2.24) is 19.8 Å². The van der Waals surface area contributed by atoms with Gasteiger partial charge in [0.2, 0.25) is 11.9 Å². The Labute approximate surface area is 244 Å². The van der Waals surface area contributed by atoms with Gasteiger partial charge in [0, 0.05) is 62.9 Å². The van der Waals surface area contributed by atoms with Gasteiger partial charge >= 0.3 is 0 Å². The van der Waals surface area contributed by atoms with E-state index in [2.05, 4.69) is 86.9 Å². The molecule has 0 unspecified atom stereocenters. The van der Waals surface area contributed by atoms with E-state index in [1.165, 1.54) is 11.4 Å². The van der Waals surface area contributed by atoms with E-state index in [1.807, 2.05) is 24.3 Å². The van der Waals surface area contributed by atoms with E-state index >= 15 is 0 Å². The predicted octanol–water partition coefficient (Wildman–Crippen LogP) is 4.67. The molecule has 2 saturated heterocycles. The number of amides is 1. The Hall–Kier alpha value is -3.52. The predicted molar refractivity (Wildman–Crippen MR) is 173 cm³/mol. The van der Waals surface area contributed by atoms with Crippen LogP contribution >= 0.6 is 7.92 Å². The number of para-hydroxylation sites is 1. The molecule has 3 aromatic rings. The first-order valence-electron chi connectivity index (χ1n) is 14.3. The maximum Gasteiger partial charge on any atom is 0.247 e. The molecule has 0 bridgehead atoms. The Morgan fingerprint density at radius 2 is 1.73 bits per heavy atom. The fourth-order valence-corrected chi connectivity index (χ4v) is 6.55. The van der Waals surface area contributed by atoms with Crippen LogP contribution in [0.2, 0.25) is 0 Å². The number of carbonyl (C=O) groups excluding carboxylic acids is 1. The van der Waals surface area contributed by atoms with Crippen LogP contribution < -0.4 is 26.2 Å². The summed E-state index contributed by atoms with van der Waals surface area (Å²) in [5.74, 6) is 0.958. The van der Waals surface area contributed by atoms with Gasteiger partial charge in [0.25, 0.3) is 0 Å². The largest absolute Gasteiger partial charge is 0.370 e. The number of aromatic nitrogens is 2. The van der Waals surface area contributed by atoms with E-state index in [-0.39, 0.29) is 13.8 Å². The molecule has 3 N–H and O–H groups in total. The first-order chi connectivity index (χ1) is 19.9. The molecule has 10 heteroatoms. The van der Waals surface area contributed by atoms with Gasteiger partial charge in [0.1, 0.15) is 5.82 Å². The van der Waals surface area contributed by atoms with E-state index in [4.69, 9.17) is 4.98 Å². The molecule has 0 radical (unpaired) electrons. The lowest BCUT2D eigenvalue weighted by Gasteiger charge is -2.43. The molecule has 0 spiro atoms. The number of hydrogen-bond donors (Lipinski definition) is 3. The quantitative estimate of drug-likeness (QED) is 0.252. The molecule has 2 aromatic carbocycles. The fraction of sp³-hybridized carbons (Fsp3) is 0.387. The van der Waals surface area contributed by atoms with E-state index in [9.17, 15) is 4.79 Å². The third-order valence-electron chi connectivity index (χ3n) is 7.86. The van der Waals surface area contributed by atoms with Crippen molar-refractivity contribution in [3.05, 3.63) is 67.4 Å². The summed E-state index contributed by atoms with van der Waals surface area (Å²) < 4.78 is 0. The van der Waals surface area contributed by atoms with Crippen LogP contribution in [0.5, 0.6) is 0 Å². The van der Waals surface area contributed by atoms with Gasteiger partial charge in [0.05, 0.1) is 11.4 Å². The number of benzene rings is 2. The standard InChI is InChI=1S/C31H41N8OP/c1-5-30(40)35-26-22-23(10-11-27(26)39-16-13-24(14-17-39)38-20-18-37(2)19-21-38)33-31-32-15-12-29(36-31)34-25-8-6-7-9-28(25)41(3)4/h5-12,15,22,24H,1,13-14,16-21H2,2-4H3,(H,35,40)(H2,32,33,34,36). The lowest BCUT2D eigenvalue weighted by Crippen LogP contribution is -2.52. The van der Waals surface area contributed by atoms with Crippen LogP contribution in [0.4, 0.5) is 34.5 Å². The molecular weight excluding hydrogens is 531 g/mol. The number of carbonyl (C=O) groups is 1. The lowest BCUT2D eigenvalue weighted by atomic mass is 10.0. The third kappa shape index (κ3) is 7.41. The van der Waals surface area contributed by atoms with Crippen molar-refractivity contribution in [2.75, 3.05) is 80.5 Å². The SMILES string of the molecule is C=CC(=O)Nc1cc(Nc2nccc(Nc3ccccc3P(C)C)n2)ccc1N1CCC(N2CCN(C)CC2)CC1. The van der Waals surface area contributed by atoms with Gasteiger partial charge in [-0.1, -0.05) is 32.7 Å². The Kier molecular flexibility index (Phi) is 9.49. The Morgan fingerprint density at radius 3 is 2.46 bits per heavy atom. The smallest absolute Gasteiger partial charge is 0.247 e. The Morgan fingerprint density at radius 1 is 0.976 bits per heavy atom. The summed E-state index contributed by atoms with van der Waals surface area (Å²) in [6.45, 7) is 14.6. The van der Waals surface area contributed by atoms with Gasteiger partial charge in [-0.15, -0.1) is 0 Å².